The fourth-order valence-electron chi connectivity index (χ4n) is 0.771. The Kier molecular flexibility index (Phi) is 4.66. The van der Waals surface area contributed by atoms with Crippen molar-refractivity contribution in [3.8, 4) is 0 Å². The normalized spacial score (nSPS) is 10.3. The predicted octanol–water partition coefficient (Wildman–Crippen LogP) is 3.82. The van der Waals surface area contributed by atoms with Gasteiger partial charge in [0, 0.05) is 16.6 Å². The summed E-state index contributed by atoms with van der Waals surface area (Å²) < 4.78 is 3.36. The summed E-state index contributed by atoms with van der Waals surface area (Å²) >= 11 is 12.5. The molecule has 0 aliphatic rings. The van der Waals surface area contributed by atoms with Crippen LogP contribution in [0.3, 0.4) is 0 Å². The molecule has 0 radical (unpaired) electrons. The highest BCUT2D eigenvalue weighted by atomic mass is 127. The highest BCUT2D eigenvalue weighted by molar-refractivity contribution is 14.1. The van der Waals surface area contributed by atoms with Crippen molar-refractivity contribution >= 4 is 85.1 Å². The van der Waals surface area contributed by atoms with Crippen molar-refractivity contribution in [2.75, 3.05) is 5.73 Å². The quantitative estimate of drug-likeness (QED) is 0.341. The lowest BCUT2D eigenvalue weighted by Gasteiger charge is -2.08. The lowest BCUT2D eigenvalue weighted by atomic mass is 10.2. The molecule has 1 aromatic rings. The molecule has 0 spiro atoms. The molecule has 0 amide bonds. The first-order valence-corrected chi connectivity index (χ1v) is 6.82. The van der Waals surface area contributed by atoms with E-state index < -0.39 is 0 Å². The highest BCUT2D eigenvalue weighted by Crippen LogP contribution is 2.30. The molecule has 0 unspecified atom stereocenters. The second kappa shape index (κ2) is 4.83. The Morgan fingerprint density at radius 2 is 1.83 bits per heavy atom. The predicted molar refractivity (Wildman–Crippen MR) is 78.6 cm³/mol. The van der Waals surface area contributed by atoms with Gasteiger partial charge in [-0.1, -0.05) is 0 Å². The topological polar surface area (TPSA) is 26.0 Å². The maximum atomic E-state index is 5.85. The van der Waals surface area contributed by atoms with Crippen LogP contribution in [0.15, 0.2) is 6.07 Å². The highest BCUT2D eigenvalue weighted by Gasteiger charge is 2.10. The number of nitrogens with two attached hydrogens (primary N) is 1. The number of halogens is 4. The molecule has 0 fully saturated rings. The van der Waals surface area contributed by atoms with Gasteiger partial charge in [-0.2, -0.15) is 0 Å². The van der Waals surface area contributed by atoms with Crippen molar-refractivity contribution in [3.63, 3.8) is 0 Å². The zero-order valence-corrected chi connectivity index (χ0v) is 13.1. The Morgan fingerprint density at radius 3 is 2.33 bits per heavy atom. The molecule has 66 valence electrons. The minimum atomic E-state index is 0.525. The first-order valence-electron chi connectivity index (χ1n) is 3.05. The number of alkyl halides is 1. The van der Waals surface area contributed by atoms with Gasteiger partial charge in [0.25, 0.3) is 0 Å². The third-order valence-corrected chi connectivity index (χ3v) is 4.79. The van der Waals surface area contributed by atoms with Crippen molar-refractivity contribution in [2.45, 2.75) is 5.88 Å². The SMILES string of the molecule is Nc1c(I)cc(I)c(CCl)c1I. The summed E-state index contributed by atoms with van der Waals surface area (Å²) in [6.07, 6.45) is 0. The van der Waals surface area contributed by atoms with Gasteiger partial charge in [0.1, 0.15) is 0 Å². The van der Waals surface area contributed by atoms with Gasteiger partial charge in [0.05, 0.1) is 5.69 Å². The molecule has 12 heavy (non-hydrogen) atoms. The molecule has 1 nitrogen and oxygen atoms in total. The third kappa shape index (κ3) is 2.30. The van der Waals surface area contributed by atoms with E-state index in [0.29, 0.717) is 5.88 Å². The third-order valence-electron chi connectivity index (χ3n) is 1.43. The van der Waals surface area contributed by atoms with Crippen LogP contribution in [-0.2, 0) is 5.88 Å². The summed E-state index contributed by atoms with van der Waals surface area (Å²) in [7, 11) is 0. The van der Waals surface area contributed by atoms with E-state index in [1.165, 1.54) is 3.57 Å². The van der Waals surface area contributed by atoms with Crippen LogP contribution < -0.4 is 5.73 Å². The smallest absolute Gasteiger partial charge is 0.0589 e. The molecule has 1 rings (SSSR count). The van der Waals surface area contributed by atoms with Crippen LogP contribution in [-0.4, -0.2) is 0 Å². The fraction of sp³-hybridized carbons (Fsp3) is 0.143. The van der Waals surface area contributed by atoms with Gasteiger partial charge in [-0.3, -0.25) is 0 Å². The summed E-state index contributed by atoms with van der Waals surface area (Å²) in [5, 5.41) is 0. The van der Waals surface area contributed by atoms with Gasteiger partial charge >= 0.3 is 0 Å². The Bertz CT molecular complexity index is 314. The molecular weight excluding hydrogens is 514 g/mol. The van der Waals surface area contributed by atoms with E-state index in [9.17, 15) is 0 Å². The van der Waals surface area contributed by atoms with E-state index >= 15 is 0 Å². The maximum absolute atomic E-state index is 5.85. The summed E-state index contributed by atoms with van der Waals surface area (Å²) in [6.45, 7) is 0. The van der Waals surface area contributed by atoms with Crippen molar-refractivity contribution in [2.24, 2.45) is 0 Å². The summed E-state index contributed by atoms with van der Waals surface area (Å²) in [4.78, 5) is 0. The van der Waals surface area contributed by atoms with E-state index in [0.717, 1.165) is 18.4 Å². The number of benzene rings is 1. The maximum Gasteiger partial charge on any atom is 0.0589 e. The molecule has 0 aromatic heterocycles. The van der Waals surface area contributed by atoms with E-state index in [4.69, 9.17) is 17.3 Å². The van der Waals surface area contributed by atoms with Crippen LogP contribution in [0.5, 0.6) is 0 Å². The van der Waals surface area contributed by atoms with Crippen LogP contribution in [0.1, 0.15) is 5.56 Å². The second-order valence-corrected chi connectivity index (χ2v) is 5.85. The Hall–Kier alpha value is 1.50. The van der Waals surface area contributed by atoms with Crippen molar-refractivity contribution in [3.05, 3.63) is 22.3 Å². The average molecular weight is 519 g/mol. The van der Waals surface area contributed by atoms with Crippen LogP contribution in [0.4, 0.5) is 5.69 Å². The first-order chi connectivity index (χ1) is 5.57. The molecular formula is C7H5ClI3N. The first kappa shape index (κ1) is 11.6. The summed E-state index contributed by atoms with van der Waals surface area (Å²) in [6, 6.07) is 2.05. The minimum absolute atomic E-state index is 0.525. The number of anilines is 1. The zero-order chi connectivity index (χ0) is 9.30. The Labute approximate surface area is 117 Å². The van der Waals surface area contributed by atoms with E-state index in [2.05, 4.69) is 73.8 Å². The van der Waals surface area contributed by atoms with Gasteiger partial charge in [-0.05, 0) is 79.4 Å². The number of rotatable bonds is 1. The molecule has 0 saturated heterocycles. The molecule has 0 aliphatic heterocycles. The van der Waals surface area contributed by atoms with Crippen molar-refractivity contribution in [1.29, 1.82) is 0 Å². The van der Waals surface area contributed by atoms with Crippen LogP contribution in [0, 0.1) is 10.7 Å². The van der Waals surface area contributed by atoms with E-state index in [-0.39, 0.29) is 0 Å². The van der Waals surface area contributed by atoms with Crippen molar-refractivity contribution < 1.29 is 0 Å². The molecule has 0 aliphatic carbocycles. The molecule has 0 saturated carbocycles. The van der Waals surface area contributed by atoms with Gasteiger partial charge in [0.15, 0.2) is 0 Å². The van der Waals surface area contributed by atoms with Gasteiger partial charge in [-0.15, -0.1) is 11.6 Å². The van der Waals surface area contributed by atoms with Crippen LogP contribution >= 0.6 is 79.4 Å². The zero-order valence-electron chi connectivity index (χ0n) is 5.87. The number of nitrogen functional groups attached to an aromatic ring is 1. The molecule has 1 aromatic carbocycles. The number of hydrogen-bond acceptors (Lipinski definition) is 1. The second-order valence-electron chi connectivity index (χ2n) is 2.18. The van der Waals surface area contributed by atoms with Crippen molar-refractivity contribution in [1.82, 2.24) is 0 Å². The minimum Gasteiger partial charge on any atom is -0.397 e. The largest absolute Gasteiger partial charge is 0.397 e. The lowest BCUT2D eigenvalue weighted by molar-refractivity contribution is 1.32. The molecule has 0 heterocycles. The van der Waals surface area contributed by atoms with Gasteiger partial charge < -0.3 is 5.73 Å². The average Bonchev–Trinajstić information content (AvgIpc) is 2.01. The lowest BCUT2D eigenvalue weighted by Crippen LogP contribution is -1.99. The number of hydrogen-bond donors (Lipinski definition) is 1. The van der Waals surface area contributed by atoms with Gasteiger partial charge in [0.2, 0.25) is 0 Å². The van der Waals surface area contributed by atoms with Crippen LogP contribution in [0.25, 0.3) is 0 Å². The van der Waals surface area contributed by atoms with E-state index in [1.54, 1.807) is 0 Å². The molecule has 5 heteroatoms. The molecule has 0 bridgehead atoms. The molecule has 0 atom stereocenters. The Morgan fingerprint density at radius 1 is 1.25 bits per heavy atom. The van der Waals surface area contributed by atoms with Crippen LogP contribution in [0.2, 0.25) is 0 Å². The van der Waals surface area contributed by atoms with Gasteiger partial charge in [-0.25, -0.2) is 0 Å². The summed E-state index contributed by atoms with van der Waals surface area (Å²) in [5.74, 6) is 0.525. The molecule has 2 N–H and O–H groups in total. The standard InChI is InChI=1S/C7H5ClI3N/c8-2-3-4(9)1-5(10)7(12)6(3)11/h1H,2,12H2. The summed E-state index contributed by atoms with van der Waals surface area (Å²) in [5.41, 5.74) is 7.83. The monoisotopic (exact) mass is 519 g/mol. The van der Waals surface area contributed by atoms with E-state index in [1.807, 2.05) is 0 Å². The fourth-order valence-corrected chi connectivity index (χ4v) is 5.25. The Balaban J connectivity index is 3.40.